The van der Waals surface area contributed by atoms with Gasteiger partial charge in [0.15, 0.2) is 5.82 Å². The van der Waals surface area contributed by atoms with Crippen molar-refractivity contribution in [3.63, 3.8) is 0 Å². The Labute approximate surface area is 204 Å². The molecule has 2 aromatic carbocycles. The van der Waals surface area contributed by atoms with Gasteiger partial charge in [0.1, 0.15) is 23.7 Å². The number of benzene rings is 2. The minimum atomic E-state index is -4.71. The van der Waals surface area contributed by atoms with Crippen molar-refractivity contribution in [1.29, 1.82) is 0 Å². The number of amides is 2. The molecular formula is C22H24FN4O8P. The lowest BCUT2D eigenvalue weighted by molar-refractivity contribution is -0.128. The molecule has 0 radical (unpaired) electrons. The third kappa shape index (κ3) is 8.24. The van der Waals surface area contributed by atoms with Crippen LogP contribution in [0.15, 0.2) is 53.1 Å². The molecule has 3 rings (SSSR count). The molecule has 12 nitrogen and oxygen atoms in total. The number of hydrogen-bond donors (Lipinski definition) is 5. The average Bonchev–Trinajstić information content (AvgIpc) is 3.26. The van der Waals surface area contributed by atoms with Crippen LogP contribution >= 0.6 is 7.82 Å². The second-order valence-corrected chi connectivity index (χ2v) is 8.94. The Balaban J connectivity index is 1.67. The topological polar surface area (TPSA) is 184 Å². The summed E-state index contributed by atoms with van der Waals surface area (Å²) < 4.78 is 33.7. The minimum absolute atomic E-state index is 0.0272. The molecule has 0 aliphatic carbocycles. The first-order valence-corrected chi connectivity index (χ1v) is 12.1. The highest BCUT2D eigenvalue weighted by molar-refractivity contribution is 7.46. The van der Waals surface area contributed by atoms with E-state index in [1.54, 1.807) is 12.1 Å². The summed E-state index contributed by atoms with van der Waals surface area (Å²) in [4.78, 5) is 46.5. The van der Waals surface area contributed by atoms with Gasteiger partial charge in [-0.25, -0.2) is 8.96 Å². The van der Waals surface area contributed by atoms with E-state index in [2.05, 4.69) is 25.3 Å². The summed E-state index contributed by atoms with van der Waals surface area (Å²) in [6.07, 6.45) is 0.269. The number of aliphatic hydroxyl groups is 1. The van der Waals surface area contributed by atoms with Crippen LogP contribution in [0.1, 0.15) is 35.8 Å². The number of aliphatic hydroxyl groups excluding tert-OH is 1. The summed E-state index contributed by atoms with van der Waals surface area (Å²) in [6, 6.07) is 9.23. The zero-order valence-corrected chi connectivity index (χ0v) is 19.9. The van der Waals surface area contributed by atoms with Crippen LogP contribution < -0.4 is 15.2 Å². The first kappa shape index (κ1) is 27.0. The predicted octanol–water partition coefficient (Wildman–Crippen LogP) is 1.17. The quantitative estimate of drug-likeness (QED) is 0.229. The number of hydrogen-bond acceptors (Lipinski definition) is 8. The molecule has 3 aromatic rings. The van der Waals surface area contributed by atoms with Gasteiger partial charge in [-0.2, -0.15) is 4.98 Å². The van der Waals surface area contributed by atoms with Gasteiger partial charge in [-0.05, 0) is 35.4 Å². The maximum Gasteiger partial charge on any atom is 0.524 e. The van der Waals surface area contributed by atoms with Gasteiger partial charge in [0, 0.05) is 19.8 Å². The maximum absolute atomic E-state index is 13.1. The van der Waals surface area contributed by atoms with Gasteiger partial charge < -0.3 is 24.8 Å². The van der Waals surface area contributed by atoms with Crippen LogP contribution in [0.25, 0.3) is 0 Å². The molecule has 192 valence electrons. The molecule has 0 saturated heterocycles. The Hall–Kier alpha value is -3.64. The summed E-state index contributed by atoms with van der Waals surface area (Å²) in [7, 11) is -4.71. The van der Waals surface area contributed by atoms with E-state index in [4.69, 9.17) is 14.3 Å². The molecule has 0 bridgehead atoms. The highest BCUT2D eigenvalue weighted by atomic mass is 31.2. The monoisotopic (exact) mass is 522 g/mol. The van der Waals surface area contributed by atoms with Crippen molar-refractivity contribution >= 4 is 19.6 Å². The first-order chi connectivity index (χ1) is 17.0. The lowest BCUT2D eigenvalue weighted by Crippen LogP contribution is -2.48. The van der Waals surface area contributed by atoms with E-state index in [1.165, 1.54) is 43.3 Å². The summed E-state index contributed by atoms with van der Waals surface area (Å²) in [5.41, 5.74) is 1.29. The molecular weight excluding hydrogens is 498 g/mol. The van der Waals surface area contributed by atoms with E-state index in [-0.39, 0.29) is 36.1 Å². The zero-order valence-electron chi connectivity index (χ0n) is 19.0. The molecule has 1 aromatic heterocycles. The summed E-state index contributed by atoms with van der Waals surface area (Å²) >= 11 is 0. The Bertz CT molecular complexity index is 1230. The molecule has 14 heteroatoms. The van der Waals surface area contributed by atoms with Crippen molar-refractivity contribution in [2.45, 2.75) is 31.8 Å². The molecule has 2 amide bonds. The van der Waals surface area contributed by atoms with E-state index < -0.39 is 38.3 Å². The van der Waals surface area contributed by atoms with E-state index >= 15 is 0 Å². The fourth-order valence-corrected chi connectivity index (χ4v) is 3.63. The first-order valence-electron chi connectivity index (χ1n) is 10.6. The van der Waals surface area contributed by atoms with Gasteiger partial charge in [-0.1, -0.05) is 29.4 Å². The van der Waals surface area contributed by atoms with Gasteiger partial charge in [-0.3, -0.25) is 19.4 Å². The number of nitrogens with one attached hydrogen (secondary N) is 2. The Morgan fingerprint density at radius 1 is 1.08 bits per heavy atom. The Morgan fingerprint density at radius 3 is 2.31 bits per heavy atom. The average molecular weight is 522 g/mol. The van der Waals surface area contributed by atoms with Gasteiger partial charge in [0.25, 0.3) is 5.89 Å². The van der Waals surface area contributed by atoms with Crippen LogP contribution in [-0.2, 0) is 27.0 Å². The van der Waals surface area contributed by atoms with E-state index in [1.807, 2.05) is 0 Å². The van der Waals surface area contributed by atoms with Crippen molar-refractivity contribution < 1.29 is 42.5 Å². The molecule has 0 unspecified atom stereocenters. The molecule has 1 heterocycles. The number of aromatic nitrogens is 2. The number of rotatable bonds is 11. The molecule has 0 aliphatic heterocycles. The van der Waals surface area contributed by atoms with Gasteiger partial charge in [-0.15, -0.1) is 0 Å². The highest BCUT2D eigenvalue weighted by Crippen LogP contribution is 2.37. The molecule has 0 fully saturated rings. The van der Waals surface area contributed by atoms with Crippen LogP contribution in [-0.4, -0.2) is 49.5 Å². The van der Waals surface area contributed by atoms with E-state index in [9.17, 15) is 23.7 Å². The lowest BCUT2D eigenvalue weighted by Gasteiger charge is -2.20. The fraction of sp³-hybridized carbons (Fsp3) is 0.273. The van der Waals surface area contributed by atoms with Crippen LogP contribution in [0.5, 0.6) is 5.75 Å². The normalized spacial score (nSPS) is 13.0. The second kappa shape index (κ2) is 11.9. The molecule has 5 N–H and O–H groups in total. The van der Waals surface area contributed by atoms with Crippen LogP contribution in [0.4, 0.5) is 4.39 Å². The van der Waals surface area contributed by atoms with Crippen molar-refractivity contribution in [2.75, 3.05) is 6.61 Å². The second-order valence-electron chi connectivity index (χ2n) is 7.78. The Kier molecular flexibility index (Phi) is 8.88. The third-order valence-corrected chi connectivity index (χ3v) is 5.29. The van der Waals surface area contributed by atoms with E-state index in [0.29, 0.717) is 5.56 Å². The summed E-state index contributed by atoms with van der Waals surface area (Å²) in [5.74, 6) is -1.35. The lowest BCUT2D eigenvalue weighted by atomic mass is 10.0. The van der Waals surface area contributed by atoms with Crippen LogP contribution in [0.3, 0.4) is 0 Å². The van der Waals surface area contributed by atoms with Crippen molar-refractivity contribution in [3.05, 3.63) is 77.2 Å². The third-order valence-electron chi connectivity index (χ3n) is 4.84. The smallest absolute Gasteiger partial charge is 0.404 e. The SMILES string of the molecule is CC(=O)N[C@@H](Cc1ccc(OP(=O)(O)O)cc1)C(=O)N[C@@H](CO)c1nc(Cc2ccc(F)cc2)no1. The number of carbonyl (C=O) groups is 2. The molecule has 0 spiro atoms. The van der Waals surface area contributed by atoms with Crippen molar-refractivity contribution in [1.82, 2.24) is 20.8 Å². The summed E-state index contributed by atoms with van der Waals surface area (Å²) in [6.45, 7) is 0.672. The molecule has 0 aliphatic rings. The fourth-order valence-electron chi connectivity index (χ4n) is 3.24. The number of carbonyl (C=O) groups excluding carboxylic acids is 2. The van der Waals surface area contributed by atoms with Gasteiger partial charge in [0.2, 0.25) is 11.8 Å². The minimum Gasteiger partial charge on any atom is -0.404 e. The van der Waals surface area contributed by atoms with E-state index in [0.717, 1.165) is 5.56 Å². The number of nitrogens with zero attached hydrogens (tertiary/aromatic N) is 2. The molecule has 36 heavy (non-hydrogen) atoms. The Morgan fingerprint density at radius 2 is 1.72 bits per heavy atom. The van der Waals surface area contributed by atoms with Crippen LogP contribution in [0, 0.1) is 5.82 Å². The van der Waals surface area contributed by atoms with Gasteiger partial charge >= 0.3 is 7.82 Å². The molecule has 0 saturated carbocycles. The standard InChI is InChI=1S/C22H24FN4O8P/c1-13(29)24-18(10-14-4-8-17(9-5-14)35-36(31,32)33)21(30)25-19(12-28)22-26-20(27-34-22)11-15-2-6-16(23)7-3-15/h2-9,18-19,28H,10-12H2,1H3,(H,24,29)(H,25,30)(H2,31,32,33)/t18-,19-/m0/s1. The van der Waals surface area contributed by atoms with Crippen LogP contribution in [0.2, 0.25) is 0 Å². The van der Waals surface area contributed by atoms with Gasteiger partial charge in [0.05, 0.1) is 6.61 Å². The number of halogens is 1. The predicted molar refractivity (Wildman–Crippen MR) is 122 cm³/mol. The number of phosphoric ester groups is 1. The number of phosphoric acid groups is 1. The highest BCUT2D eigenvalue weighted by Gasteiger charge is 2.26. The zero-order chi connectivity index (χ0) is 26.3. The largest absolute Gasteiger partial charge is 0.524 e. The molecule has 2 atom stereocenters. The summed E-state index contributed by atoms with van der Waals surface area (Å²) in [5, 5.41) is 18.7. The maximum atomic E-state index is 13.1. The van der Waals surface area contributed by atoms with Crippen molar-refractivity contribution in [2.24, 2.45) is 0 Å². The van der Waals surface area contributed by atoms with Crippen molar-refractivity contribution in [3.8, 4) is 5.75 Å².